The number of nitrogens with one attached hydrogen (secondary N) is 2. The van der Waals surface area contributed by atoms with E-state index in [1.807, 2.05) is 30.6 Å². The molecule has 30 heavy (non-hydrogen) atoms. The van der Waals surface area contributed by atoms with Crippen molar-refractivity contribution in [3.8, 4) is 0 Å². The SMILES string of the molecule is CCN1c2cnoc2C(Cl)=C2C1CC1(C(=O)NC(=O)NC1=O)[C@@H]1[C@@H](C)O[C@@H](C)CN21. The van der Waals surface area contributed by atoms with Gasteiger partial charge in [-0.2, -0.15) is 0 Å². The third-order valence-electron chi connectivity index (χ3n) is 6.59. The zero-order valence-corrected chi connectivity index (χ0v) is 17.5. The van der Waals surface area contributed by atoms with E-state index in [1.54, 1.807) is 6.20 Å². The van der Waals surface area contributed by atoms with Crippen LogP contribution in [0.3, 0.4) is 0 Å². The van der Waals surface area contributed by atoms with Gasteiger partial charge in [0.2, 0.25) is 17.6 Å². The Balaban J connectivity index is 1.74. The van der Waals surface area contributed by atoms with Crippen molar-refractivity contribution in [2.24, 2.45) is 5.41 Å². The monoisotopic (exact) mass is 435 g/mol. The van der Waals surface area contributed by atoms with Crippen LogP contribution < -0.4 is 15.5 Å². The van der Waals surface area contributed by atoms with Crippen LogP contribution in [0, 0.1) is 5.41 Å². The maximum atomic E-state index is 13.2. The number of imide groups is 2. The summed E-state index contributed by atoms with van der Waals surface area (Å²) in [7, 11) is 0. The minimum Gasteiger partial charge on any atom is -0.372 e. The van der Waals surface area contributed by atoms with Gasteiger partial charge in [0.05, 0.1) is 36.2 Å². The van der Waals surface area contributed by atoms with Gasteiger partial charge in [-0.25, -0.2) is 4.79 Å². The maximum Gasteiger partial charge on any atom is 0.328 e. The van der Waals surface area contributed by atoms with Gasteiger partial charge in [-0.3, -0.25) is 20.2 Å². The van der Waals surface area contributed by atoms with E-state index < -0.39 is 35.4 Å². The van der Waals surface area contributed by atoms with Crippen molar-refractivity contribution in [1.29, 1.82) is 0 Å². The molecular weight excluding hydrogens is 414 g/mol. The summed E-state index contributed by atoms with van der Waals surface area (Å²) in [4.78, 5) is 42.3. The molecule has 160 valence electrons. The molecular formula is C19H22ClN5O5. The van der Waals surface area contributed by atoms with Crippen LogP contribution in [0.5, 0.6) is 0 Å². The van der Waals surface area contributed by atoms with Gasteiger partial charge in [0.15, 0.2) is 5.41 Å². The number of hydrogen-bond acceptors (Lipinski definition) is 8. The first-order valence-electron chi connectivity index (χ1n) is 9.99. The lowest BCUT2D eigenvalue weighted by atomic mass is 9.65. The third kappa shape index (κ3) is 2.34. The minimum atomic E-state index is -1.51. The predicted molar refractivity (Wildman–Crippen MR) is 105 cm³/mol. The zero-order chi connectivity index (χ0) is 21.4. The summed E-state index contributed by atoms with van der Waals surface area (Å²) >= 11 is 6.80. The third-order valence-corrected chi connectivity index (χ3v) is 6.96. The lowest BCUT2D eigenvalue weighted by molar-refractivity contribution is -0.175. The highest BCUT2D eigenvalue weighted by Gasteiger charge is 2.66. The van der Waals surface area contributed by atoms with Crippen molar-refractivity contribution in [3.63, 3.8) is 0 Å². The molecule has 2 N–H and O–H groups in total. The van der Waals surface area contributed by atoms with Gasteiger partial charge < -0.3 is 19.1 Å². The summed E-state index contributed by atoms with van der Waals surface area (Å²) < 4.78 is 11.5. The summed E-state index contributed by atoms with van der Waals surface area (Å²) in [6, 6.07) is -1.81. The fourth-order valence-corrected chi connectivity index (χ4v) is 5.94. The van der Waals surface area contributed by atoms with Crippen LogP contribution in [0.25, 0.3) is 5.03 Å². The number of nitrogens with zero attached hydrogens (tertiary/aromatic N) is 3. The molecule has 0 saturated carbocycles. The number of anilines is 1. The highest BCUT2D eigenvalue weighted by atomic mass is 35.5. The highest BCUT2D eigenvalue weighted by molar-refractivity contribution is 6.49. The summed E-state index contributed by atoms with van der Waals surface area (Å²) in [5.41, 5.74) is -0.00856. The Morgan fingerprint density at radius 2 is 1.97 bits per heavy atom. The molecule has 4 aliphatic heterocycles. The van der Waals surface area contributed by atoms with Crippen LogP contribution in [-0.2, 0) is 14.3 Å². The average Bonchev–Trinajstić information content (AvgIpc) is 3.15. The van der Waals surface area contributed by atoms with Crippen molar-refractivity contribution in [1.82, 2.24) is 20.7 Å². The number of amides is 4. The molecule has 10 nitrogen and oxygen atoms in total. The lowest BCUT2D eigenvalue weighted by Crippen LogP contribution is -2.77. The van der Waals surface area contributed by atoms with E-state index in [0.717, 1.165) is 5.70 Å². The normalized spacial score (nSPS) is 32.5. The van der Waals surface area contributed by atoms with Crippen LogP contribution >= 0.6 is 11.6 Å². The first kappa shape index (κ1) is 19.4. The second-order valence-corrected chi connectivity index (χ2v) is 8.58. The number of likely N-dealkylation sites (N-methyl/N-ethyl adjacent to an activating group) is 1. The number of halogens is 1. The van der Waals surface area contributed by atoms with Crippen molar-refractivity contribution in [2.75, 3.05) is 18.0 Å². The predicted octanol–water partition coefficient (Wildman–Crippen LogP) is 1.02. The van der Waals surface area contributed by atoms with Gasteiger partial charge >= 0.3 is 6.03 Å². The molecule has 11 heteroatoms. The Labute approximate surface area is 177 Å². The molecule has 4 aliphatic rings. The first-order chi connectivity index (χ1) is 14.3. The summed E-state index contributed by atoms with van der Waals surface area (Å²) in [6.45, 7) is 6.77. The number of carbonyl (C=O) groups is 3. The summed E-state index contributed by atoms with van der Waals surface area (Å²) in [5, 5.41) is 8.93. The smallest absolute Gasteiger partial charge is 0.328 e. The number of fused-ring (bicyclic) bond motifs is 5. The molecule has 4 amide bonds. The van der Waals surface area contributed by atoms with Crippen LogP contribution in [0.15, 0.2) is 16.4 Å². The molecule has 1 spiro atoms. The van der Waals surface area contributed by atoms with Crippen molar-refractivity contribution in [3.05, 3.63) is 17.7 Å². The number of rotatable bonds is 1. The topological polar surface area (TPSA) is 117 Å². The van der Waals surface area contributed by atoms with Crippen LogP contribution in [-0.4, -0.2) is 65.3 Å². The first-order valence-corrected chi connectivity index (χ1v) is 10.4. The van der Waals surface area contributed by atoms with Crippen molar-refractivity contribution >= 4 is 40.2 Å². The van der Waals surface area contributed by atoms with E-state index in [1.165, 1.54) is 0 Å². The van der Waals surface area contributed by atoms with Gasteiger partial charge in [-0.1, -0.05) is 16.8 Å². The molecule has 1 aromatic heterocycles. The molecule has 5 rings (SSSR count). The van der Waals surface area contributed by atoms with Gasteiger partial charge in [-0.05, 0) is 27.2 Å². The number of carbonyl (C=O) groups excluding carboxylic acids is 3. The molecule has 5 heterocycles. The van der Waals surface area contributed by atoms with E-state index in [0.29, 0.717) is 29.6 Å². The van der Waals surface area contributed by atoms with Gasteiger partial charge in [0.25, 0.3) is 0 Å². The summed E-state index contributed by atoms with van der Waals surface area (Å²) in [6.07, 6.45) is 1.13. The fourth-order valence-electron chi connectivity index (χ4n) is 5.57. The van der Waals surface area contributed by atoms with Gasteiger partial charge in [0, 0.05) is 13.1 Å². The number of barbiturate groups is 1. The number of aromatic nitrogens is 1. The zero-order valence-electron chi connectivity index (χ0n) is 16.8. The van der Waals surface area contributed by atoms with Crippen LogP contribution in [0.1, 0.15) is 33.0 Å². The average molecular weight is 436 g/mol. The molecule has 3 fully saturated rings. The number of ether oxygens (including phenoxy) is 1. The number of urea groups is 1. The number of piperidine rings is 1. The number of morpholine rings is 1. The second-order valence-electron chi connectivity index (χ2n) is 8.20. The van der Waals surface area contributed by atoms with E-state index in [9.17, 15) is 14.4 Å². The largest absolute Gasteiger partial charge is 0.372 e. The van der Waals surface area contributed by atoms with Gasteiger partial charge in [-0.15, -0.1) is 0 Å². The Bertz CT molecular complexity index is 970. The molecule has 0 aromatic carbocycles. The Morgan fingerprint density at radius 1 is 1.27 bits per heavy atom. The Hall–Kier alpha value is -2.59. The molecule has 1 unspecified atom stereocenters. The molecule has 1 aromatic rings. The van der Waals surface area contributed by atoms with Crippen LogP contribution in [0.4, 0.5) is 10.5 Å². The molecule has 0 aliphatic carbocycles. The van der Waals surface area contributed by atoms with E-state index in [4.69, 9.17) is 20.9 Å². The lowest BCUT2D eigenvalue weighted by Gasteiger charge is -2.60. The molecule has 4 atom stereocenters. The van der Waals surface area contributed by atoms with Crippen molar-refractivity contribution < 1.29 is 23.6 Å². The maximum absolute atomic E-state index is 13.2. The quantitative estimate of drug-likeness (QED) is 0.628. The van der Waals surface area contributed by atoms with E-state index >= 15 is 0 Å². The highest BCUT2D eigenvalue weighted by Crippen LogP contribution is 2.53. The Morgan fingerprint density at radius 3 is 2.63 bits per heavy atom. The summed E-state index contributed by atoms with van der Waals surface area (Å²) in [5.74, 6) is -0.754. The van der Waals surface area contributed by atoms with E-state index in [-0.39, 0.29) is 18.6 Å². The van der Waals surface area contributed by atoms with E-state index in [2.05, 4.69) is 15.8 Å². The standard InChI is InChI=1S/C19H22ClN5O5/c1-4-24-10-5-19(16(26)22-18(28)23-17(19)27)15-9(3)29-8(2)7-25(15)13(10)12(20)14-11(24)6-21-30-14/h6,8-10,15H,4-5,7H2,1-3H3,(H2,22,23,26,27,28)/t8-,9+,10?,15-/m0/s1. The van der Waals surface area contributed by atoms with Gasteiger partial charge in [0.1, 0.15) is 10.7 Å². The van der Waals surface area contributed by atoms with Crippen LogP contribution in [0.2, 0.25) is 0 Å². The Kier molecular flexibility index (Phi) is 4.17. The molecule has 3 saturated heterocycles. The molecule has 0 radical (unpaired) electrons. The second kappa shape index (κ2) is 6.45. The fraction of sp³-hybridized carbons (Fsp3) is 0.579. The van der Waals surface area contributed by atoms with Crippen molar-refractivity contribution in [2.45, 2.75) is 51.5 Å². The molecule has 0 bridgehead atoms. The minimum absolute atomic E-state index is 0.144. The number of hydrogen-bond donors (Lipinski definition) is 2.